The SMILES string of the molecule is C#Cc1ccc(C(=O)NN=Cc2cc(Br)cc(Br)c2O)cc1. The number of phenolic OH excluding ortho intramolecular Hbond substituents is 1. The van der Waals surface area contributed by atoms with Gasteiger partial charge in [0.15, 0.2) is 0 Å². The molecule has 110 valence electrons. The third-order valence-corrected chi connectivity index (χ3v) is 3.80. The lowest BCUT2D eigenvalue weighted by Gasteiger charge is -2.03. The van der Waals surface area contributed by atoms with Crippen LogP contribution in [-0.4, -0.2) is 17.2 Å². The number of hydrogen-bond donors (Lipinski definition) is 2. The van der Waals surface area contributed by atoms with Gasteiger partial charge in [0.1, 0.15) is 5.75 Å². The van der Waals surface area contributed by atoms with Crippen LogP contribution >= 0.6 is 31.9 Å². The molecule has 6 heteroatoms. The topological polar surface area (TPSA) is 61.7 Å². The van der Waals surface area contributed by atoms with Crippen molar-refractivity contribution in [1.29, 1.82) is 0 Å². The molecule has 22 heavy (non-hydrogen) atoms. The number of benzene rings is 2. The zero-order valence-electron chi connectivity index (χ0n) is 11.2. The highest BCUT2D eigenvalue weighted by Crippen LogP contribution is 2.30. The molecule has 0 saturated carbocycles. The predicted octanol–water partition coefficient (Wildman–Crippen LogP) is 3.66. The van der Waals surface area contributed by atoms with E-state index in [1.54, 1.807) is 36.4 Å². The van der Waals surface area contributed by atoms with E-state index in [0.717, 1.165) is 4.47 Å². The Morgan fingerprint density at radius 1 is 1.27 bits per heavy atom. The number of terminal acetylenes is 1. The van der Waals surface area contributed by atoms with Gasteiger partial charge in [0, 0.05) is 21.2 Å². The number of carbonyl (C=O) groups is 1. The molecule has 0 radical (unpaired) electrons. The highest BCUT2D eigenvalue weighted by molar-refractivity contribution is 9.11. The summed E-state index contributed by atoms with van der Waals surface area (Å²) in [6.45, 7) is 0. The molecule has 2 rings (SSSR count). The molecular weight excluding hydrogens is 412 g/mol. The Morgan fingerprint density at radius 3 is 2.59 bits per heavy atom. The van der Waals surface area contributed by atoms with Crippen LogP contribution in [0.2, 0.25) is 0 Å². The summed E-state index contributed by atoms with van der Waals surface area (Å²) < 4.78 is 1.30. The number of amides is 1. The minimum absolute atomic E-state index is 0.0413. The summed E-state index contributed by atoms with van der Waals surface area (Å²) in [6.07, 6.45) is 6.61. The van der Waals surface area contributed by atoms with Gasteiger partial charge in [-0.15, -0.1) is 6.42 Å². The van der Waals surface area contributed by atoms with Crippen molar-refractivity contribution in [3.8, 4) is 18.1 Å². The van der Waals surface area contributed by atoms with Crippen molar-refractivity contribution in [2.75, 3.05) is 0 Å². The van der Waals surface area contributed by atoms with E-state index in [9.17, 15) is 9.90 Å². The van der Waals surface area contributed by atoms with Gasteiger partial charge in [0.05, 0.1) is 10.7 Å². The first-order valence-corrected chi connectivity index (χ1v) is 7.68. The summed E-state index contributed by atoms with van der Waals surface area (Å²) in [4.78, 5) is 11.9. The lowest BCUT2D eigenvalue weighted by molar-refractivity contribution is 0.0955. The third kappa shape index (κ3) is 3.97. The van der Waals surface area contributed by atoms with Crippen molar-refractivity contribution in [2.24, 2.45) is 5.10 Å². The number of hydrazone groups is 1. The fourth-order valence-corrected chi connectivity index (χ4v) is 2.89. The van der Waals surface area contributed by atoms with Crippen molar-refractivity contribution in [3.05, 3.63) is 62.0 Å². The zero-order valence-corrected chi connectivity index (χ0v) is 14.3. The highest BCUT2D eigenvalue weighted by Gasteiger charge is 2.06. The number of nitrogens with one attached hydrogen (secondary N) is 1. The van der Waals surface area contributed by atoms with Gasteiger partial charge in [-0.05, 0) is 52.3 Å². The Hall–Kier alpha value is -2.10. The molecule has 0 unspecified atom stereocenters. The number of aromatic hydroxyl groups is 1. The minimum Gasteiger partial charge on any atom is -0.506 e. The Balaban J connectivity index is 2.09. The highest BCUT2D eigenvalue weighted by atomic mass is 79.9. The molecule has 0 aliphatic heterocycles. The van der Waals surface area contributed by atoms with Crippen LogP contribution in [0.15, 0.2) is 50.4 Å². The molecule has 0 saturated heterocycles. The van der Waals surface area contributed by atoms with E-state index < -0.39 is 0 Å². The van der Waals surface area contributed by atoms with Gasteiger partial charge in [-0.2, -0.15) is 5.10 Å². The van der Waals surface area contributed by atoms with Gasteiger partial charge >= 0.3 is 0 Å². The first-order valence-electron chi connectivity index (χ1n) is 6.09. The number of nitrogens with zero attached hydrogens (tertiary/aromatic N) is 1. The molecule has 0 aromatic heterocycles. The summed E-state index contributed by atoms with van der Waals surface area (Å²) in [5.74, 6) is 2.15. The second-order valence-electron chi connectivity index (χ2n) is 4.25. The minimum atomic E-state index is -0.367. The Morgan fingerprint density at radius 2 is 1.95 bits per heavy atom. The van der Waals surface area contributed by atoms with Gasteiger partial charge < -0.3 is 5.11 Å². The van der Waals surface area contributed by atoms with Crippen molar-refractivity contribution in [3.63, 3.8) is 0 Å². The summed E-state index contributed by atoms with van der Waals surface area (Å²) >= 11 is 6.53. The normalized spacial score (nSPS) is 10.4. The van der Waals surface area contributed by atoms with Crippen molar-refractivity contribution < 1.29 is 9.90 Å². The molecule has 2 aromatic carbocycles. The van der Waals surface area contributed by atoms with Gasteiger partial charge in [-0.1, -0.05) is 21.9 Å². The predicted molar refractivity (Wildman–Crippen MR) is 92.9 cm³/mol. The van der Waals surface area contributed by atoms with E-state index in [1.807, 2.05) is 0 Å². The van der Waals surface area contributed by atoms with E-state index in [1.165, 1.54) is 6.21 Å². The largest absolute Gasteiger partial charge is 0.506 e. The molecule has 0 atom stereocenters. The van der Waals surface area contributed by atoms with Crippen molar-refractivity contribution in [1.82, 2.24) is 5.43 Å². The summed E-state index contributed by atoms with van der Waals surface area (Å²) in [5.41, 5.74) is 3.99. The number of carbonyl (C=O) groups excluding carboxylic acids is 1. The van der Waals surface area contributed by atoms with Gasteiger partial charge in [-0.25, -0.2) is 5.43 Å². The molecule has 0 heterocycles. The number of halogens is 2. The van der Waals surface area contributed by atoms with Crippen LogP contribution in [0.25, 0.3) is 0 Å². The van der Waals surface area contributed by atoms with E-state index in [-0.39, 0.29) is 11.7 Å². The standard InChI is InChI=1S/C16H10Br2N2O2/c1-2-10-3-5-11(6-4-10)16(22)20-19-9-12-7-13(17)8-14(18)15(12)21/h1,3-9,21H,(H,20,22). The molecule has 4 nitrogen and oxygen atoms in total. The van der Waals surface area contributed by atoms with Crippen molar-refractivity contribution >= 4 is 44.0 Å². The fraction of sp³-hybridized carbons (Fsp3) is 0. The molecule has 1 amide bonds. The maximum Gasteiger partial charge on any atom is 0.271 e. The fourth-order valence-electron chi connectivity index (χ4n) is 1.63. The van der Waals surface area contributed by atoms with E-state index in [2.05, 4.69) is 48.3 Å². The number of phenols is 1. The molecule has 0 bridgehead atoms. The lowest BCUT2D eigenvalue weighted by Crippen LogP contribution is -2.17. The quantitative estimate of drug-likeness (QED) is 0.451. The van der Waals surface area contributed by atoms with Gasteiger partial charge in [-0.3, -0.25) is 4.79 Å². The summed E-state index contributed by atoms with van der Waals surface area (Å²) in [6, 6.07) is 9.97. The molecular formula is C16H10Br2N2O2. The van der Waals surface area contributed by atoms with E-state index in [4.69, 9.17) is 6.42 Å². The molecule has 2 N–H and O–H groups in total. The van der Waals surface area contributed by atoms with Crippen LogP contribution in [0, 0.1) is 12.3 Å². The van der Waals surface area contributed by atoms with Crippen LogP contribution in [0.4, 0.5) is 0 Å². The molecule has 2 aromatic rings. The molecule has 0 aliphatic carbocycles. The van der Waals surface area contributed by atoms with E-state index in [0.29, 0.717) is 21.2 Å². The van der Waals surface area contributed by atoms with Crippen LogP contribution in [-0.2, 0) is 0 Å². The third-order valence-electron chi connectivity index (χ3n) is 2.74. The summed E-state index contributed by atoms with van der Waals surface area (Å²) in [7, 11) is 0. The average Bonchev–Trinajstić information content (AvgIpc) is 2.51. The van der Waals surface area contributed by atoms with E-state index >= 15 is 0 Å². The Bertz CT molecular complexity index is 778. The number of rotatable bonds is 3. The average molecular weight is 422 g/mol. The molecule has 0 aliphatic rings. The van der Waals surface area contributed by atoms with Crippen LogP contribution in [0.1, 0.15) is 21.5 Å². The van der Waals surface area contributed by atoms with Crippen LogP contribution < -0.4 is 5.43 Å². The smallest absolute Gasteiger partial charge is 0.271 e. The van der Waals surface area contributed by atoms with Gasteiger partial charge in [0.2, 0.25) is 0 Å². The van der Waals surface area contributed by atoms with Gasteiger partial charge in [0.25, 0.3) is 5.91 Å². The second-order valence-corrected chi connectivity index (χ2v) is 6.02. The van der Waals surface area contributed by atoms with Crippen LogP contribution in [0.3, 0.4) is 0 Å². The first kappa shape index (κ1) is 16.3. The second kappa shape index (κ2) is 7.25. The van der Waals surface area contributed by atoms with Crippen molar-refractivity contribution in [2.45, 2.75) is 0 Å². The number of hydrogen-bond acceptors (Lipinski definition) is 3. The Kier molecular flexibility index (Phi) is 5.36. The monoisotopic (exact) mass is 420 g/mol. The molecule has 0 fully saturated rings. The summed E-state index contributed by atoms with van der Waals surface area (Å²) in [5, 5.41) is 13.7. The lowest BCUT2D eigenvalue weighted by atomic mass is 10.1. The zero-order chi connectivity index (χ0) is 16.1. The maximum absolute atomic E-state index is 11.9. The maximum atomic E-state index is 11.9. The van der Waals surface area contributed by atoms with Crippen LogP contribution in [0.5, 0.6) is 5.75 Å². The molecule has 0 spiro atoms. The first-order chi connectivity index (χ1) is 10.5. The Labute approximate surface area is 144 Å².